The predicted molar refractivity (Wildman–Crippen MR) is 181 cm³/mol. The molecule has 1 fully saturated rings. The van der Waals surface area contributed by atoms with Crippen molar-refractivity contribution in [2.45, 2.75) is 51.4 Å². The summed E-state index contributed by atoms with van der Waals surface area (Å²) in [5, 5.41) is 3.65. The monoisotopic (exact) mass is 623 g/mol. The van der Waals surface area contributed by atoms with Gasteiger partial charge in [-0.25, -0.2) is 9.97 Å². The molecular formula is C36H41N5O3S. The van der Waals surface area contributed by atoms with Gasteiger partial charge in [0.1, 0.15) is 6.04 Å². The van der Waals surface area contributed by atoms with Crippen LogP contribution >= 0.6 is 11.8 Å². The van der Waals surface area contributed by atoms with Crippen LogP contribution < -0.4 is 10.2 Å². The van der Waals surface area contributed by atoms with Crippen molar-refractivity contribution in [3.8, 4) is 0 Å². The van der Waals surface area contributed by atoms with E-state index in [1.165, 1.54) is 17.3 Å². The van der Waals surface area contributed by atoms with E-state index in [-0.39, 0.29) is 24.1 Å². The first kappa shape index (κ1) is 32.2. The van der Waals surface area contributed by atoms with Crippen LogP contribution in [0.2, 0.25) is 0 Å². The van der Waals surface area contributed by atoms with Crippen molar-refractivity contribution < 1.29 is 14.3 Å². The summed E-state index contributed by atoms with van der Waals surface area (Å²) in [6.45, 7) is 11.4. The van der Waals surface area contributed by atoms with Crippen LogP contribution in [-0.4, -0.2) is 58.7 Å². The number of hydrogen-bond donors (Lipinski definition) is 1. The average Bonchev–Trinajstić information content (AvgIpc) is 3.04. The lowest BCUT2D eigenvalue weighted by molar-refractivity contribution is -0.137. The second-order valence-corrected chi connectivity index (χ2v) is 12.5. The Labute approximate surface area is 270 Å². The summed E-state index contributed by atoms with van der Waals surface area (Å²) in [6.07, 6.45) is 0. The Balaban J connectivity index is 1.45. The standard InChI is InChI=1S/C36H41N5O3S/c1-25(2)29-10-12-30(13-11-29)34(35(43)39-31-14-16-32(17-15-31)40-18-20-44-21-19-40)41(23-28-8-6-5-7-9-28)33(42)24-45-36-37-26(3)22-27(4)38-36/h5-17,22,25,34H,18-21,23-24H2,1-4H3,(H,39,43). The van der Waals surface area contributed by atoms with E-state index in [4.69, 9.17) is 4.74 Å². The molecule has 45 heavy (non-hydrogen) atoms. The average molecular weight is 624 g/mol. The van der Waals surface area contributed by atoms with Crippen LogP contribution in [0.1, 0.15) is 53.9 Å². The second-order valence-electron chi connectivity index (χ2n) is 11.6. The number of aromatic nitrogens is 2. The van der Waals surface area contributed by atoms with Crippen molar-refractivity contribution in [3.05, 3.63) is 113 Å². The van der Waals surface area contributed by atoms with Gasteiger partial charge in [-0.05, 0) is 66.8 Å². The number of aryl methyl sites for hydroxylation is 2. The quantitative estimate of drug-likeness (QED) is 0.150. The molecule has 1 N–H and O–H groups in total. The molecule has 0 spiro atoms. The second kappa shape index (κ2) is 15.2. The van der Waals surface area contributed by atoms with Gasteiger partial charge in [0, 0.05) is 42.4 Å². The molecule has 5 rings (SSSR count). The number of nitrogens with one attached hydrogen (secondary N) is 1. The summed E-state index contributed by atoms with van der Waals surface area (Å²) in [5.41, 5.74) is 6.31. The van der Waals surface area contributed by atoms with Gasteiger partial charge in [0.15, 0.2) is 5.16 Å². The largest absolute Gasteiger partial charge is 0.378 e. The van der Waals surface area contributed by atoms with Gasteiger partial charge in [0.2, 0.25) is 5.91 Å². The summed E-state index contributed by atoms with van der Waals surface area (Å²) < 4.78 is 5.48. The van der Waals surface area contributed by atoms with E-state index in [1.54, 1.807) is 4.90 Å². The number of anilines is 2. The normalized spacial score (nSPS) is 13.8. The van der Waals surface area contributed by atoms with Crippen molar-refractivity contribution >= 4 is 35.0 Å². The Morgan fingerprint density at radius 2 is 1.51 bits per heavy atom. The predicted octanol–water partition coefficient (Wildman–Crippen LogP) is 6.55. The summed E-state index contributed by atoms with van der Waals surface area (Å²) in [4.78, 5) is 41.3. The number of rotatable bonds is 11. The Kier molecular flexibility index (Phi) is 10.9. The number of thioether (sulfide) groups is 1. The minimum atomic E-state index is -0.862. The molecule has 1 saturated heterocycles. The van der Waals surface area contributed by atoms with E-state index >= 15 is 0 Å². The smallest absolute Gasteiger partial charge is 0.251 e. The molecule has 1 aromatic heterocycles. The van der Waals surface area contributed by atoms with Crippen molar-refractivity contribution in [2.24, 2.45) is 0 Å². The number of morpholine rings is 1. The van der Waals surface area contributed by atoms with Gasteiger partial charge in [-0.3, -0.25) is 9.59 Å². The fourth-order valence-corrected chi connectivity index (χ4v) is 6.23. The van der Waals surface area contributed by atoms with E-state index in [1.807, 2.05) is 98.8 Å². The molecule has 0 aliphatic carbocycles. The van der Waals surface area contributed by atoms with Gasteiger partial charge < -0.3 is 19.9 Å². The van der Waals surface area contributed by atoms with Crippen molar-refractivity contribution in [1.82, 2.24) is 14.9 Å². The molecule has 1 aliphatic rings. The zero-order chi connectivity index (χ0) is 31.8. The number of hydrogen-bond acceptors (Lipinski definition) is 7. The Hall–Kier alpha value is -4.21. The summed E-state index contributed by atoms with van der Waals surface area (Å²) in [6, 6.07) is 26.7. The SMILES string of the molecule is Cc1cc(C)nc(SCC(=O)N(Cc2ccccc2)C(C(=O)Nc2ccc(N3CCOCC3)cc2)c2ccc(C(C)C)cc2)n1. The molecule has 4 aromatic rings. The molecule has 2 heterocycles. The number of benzene rings is 3. The molecule has 8 nitrogen and oxygen atoms in total. The maximum absolute atomic E-state index is 14.3. The zero-order valence-electron chi connectivity index (χ0n) is 26.4. The minimum Gasteiger partial charge on any atom is -0.378 e. The van der Waals surface area contributed by atoms with E-state index in [9.17, 15) is 9.59 Å². The first-order valence-corrected chi connectivity index (χ1v) is 16.4. The lowest BCUT2D eigenvalue weighted by Gasteiger charge is -2.32. The number of carbonyl (C=O) groups excluding carboxylic acids is 2. The van der Waals surface area contributed by atoms with Gasteiger partial charge in [-0.15, -0.1) is 0 Å². The third-order valence-corrected chi connectivity index (χ3v) is 8.62. The lowest BCUT2D eigenvalue weighted by atomic mass is 9.97. The molecule has 0 saturated carbocycles. The number of nitrogens with zero attached hydrogens (tertiary/aromatic N) is 4. The first-order valence-electron chi connectivity index (χ1n) is 15.4. The molecule has 3 aromatic carbocycles. The van der Waals surface area contributed by atoms with E-state index in [2.05, 4.69) is 34.0 Å². The third kappa shape index (κ3) is 8.71. The van der Waals surface area contributed by atoms with Crippen molar-refractivity contribution in [1.29, 1.82) is 0 Å². The highest BCUT2D eigenvalue weighted by Crippen LogP contribution is 2.29. The maximum Gasteiger partial charge on any atom is 0.251 e. The number of amides is 2. The molecule has 2 amide bonds. The van der Waals surface area contributed by atoms with Gasteiger partial charge >= 0.3 is 0 Å². The van der Waals surface area contributed by atoms with Gasteiger partial charge in [-0.1, -0.05) is 80.2 Å². The van der Waals surface area contributed by atoms with E-state index < -0.39 is 6.04 Å². The molecular weight excluding hydrogens is 582 g/mol. The van der Waals surface area contributed by atoms with Crippen LogP contribution in [0, 0.1) is 13.8 Å². The Bertz CT molecular complexity index is 1550. The highest BCUT2D eigenvalue weighted by Gasteiger charge is 2.32. The number of carbonyl (C=O) groups is 2. The van der Waals surface area contributed by atoms with Crippen LogP contribution in [0.4, 0.5) is 11.4 Å². The van der Waals surface area contributed by atoms with Crippen molar-refractivity contribution in [2.75, 3.05) is 42.3 Å². The van der Waals surface area contributed by atoms with Gasteiger partial charge in [0.05, 0.1) is 19.0 Å². The molecule has 0 bridgehead atoms. The number of ether oxygens (including phenoxy) is 1. The zero-order valence-corrected chi connectivity index (χ0v) is 27.2. The molecule has 1 aliphatic heterocycles. The molecule has 234 valence electrons. The fourth-order valence-electron chi connectivity index (χ4n) is 5.39. The molecule has 0 radical (unpaired) electrons. The Morgan fingerprint density at radius 1 is 0.889 bits per heavy atom. The first-order chi connectivity index (χ1) is 21.8. The van der Waals surface area contributed by atoms with Crippen LogP contribution in [0.25, 0.3) is 0 Å². The topological polar surface area (TPSA) is 87.7 Å². The lowest BCUT2D eigenvalue weighted by Crippen LogP contribution is -2.41. The van der Waals surface area contributed by atoms with Crippen LogP contribution in [-0.2, 0) is 20.9 Å². The van der Waals surface area contributed by atoms with Gasteiger partial charge in [0.25, 0.3) is 5.91 Å². The van der Waals surface area contributed by atoms with Crippen LogP contribution in [0.5, 0.6) is 0 Å². The minimum absolute atomic E-state index is 0.0951. The van der Waals surface area contributed by atoms with E-state index in [0.29, 0.717) is 30.0 Å². The van der Waals surface area contributed by atoms with Crippen LogP contribution in [0.3, 0.4) is 0 Å². The van der Waals surface area contributed by atoms with Crippen LogP contribution in [0.15, 0.2) is 90.1 Å². The highest BCUT2D eigenvalue weighted by molar-refractivity contribution is 7.99. The Morgan fingerprint density at radius 3 is 2.13 bits per heavy atom. The molecule has 1 atom stereocenters. The molecule has 1 unspecified atom stereocenters. The summed E-state index contributed by atoms with van der Waals surface area (Å²) in [7, 11) is 0. The highest BCUT2D eigenvalue weighted by atomic mass is 32.2. The molecule has 9 heteroatoms. The van der Waals surface area contributed by atoms with Crippen molar-refractivity contribution in [3.63, 3.8) is 0 Å². The van der Waals surface area contributed by atoms with Gasteiger partial charge in [-0.2, -0.15) is 0 Å². The summed E-state index contributed by atoms with van der Waals surface area (Å²) >= 11 is 1.29. The third-order valence-electron chi connectivity index (χ3n) is 7.79. The van der Waals surface area contributed by atoms with E-state index in [0.717, 1.165) is 41.3 Å². The fraction of sp³-hybridized carbons (Fsp3) is 0.333. The summed E-state index contributed by atoms with van der Waals surface area (Å²) in [5.74, 6) is -0.0177. The maximum atomic E-state index is 14.3.